The molecule has 3 fully saturated rings. The van der Waals surface area contributed by atoms with E-state index >= 15 is 0 Å². The Morgan fingerprint density at radius 2 is 1.73 bits per heavy atom. The lowest BCUT2D eigenvalue weighted by Crippen LogP contribution is -2.58. The summed E-state index contributed by atoms with van der Waals surface area (Å²) in [5.74, 6) is -0.0655. The Labute approximate surface area is 283 Å². The zero-order chi connectivity index (χ0) is 34.8. The average molecular weight is 665 g/mol. The molecule has 262 valence electrons. The molecular formula is C36H52N6O6. The zero-order valence-electron chi connectivity index (χ0n) is 29.4. The van der Waals surface area contributed by atoms with E-state index in [4.69, 9.17) is 9.47 Å². The standard InChI is InChI=1S/C36H52N6O6/c1-35(2,3)29(40-34(46)41-36(4,5)6)20-42-19-25(48-33-26-13-12-24(47-7)17-22(26)14-15-37-33)18-28(42)31(44)39-27(16-21-8-9-21)30(43)32(45)38-23-10-11-23/h12-15,17,21,23,25,27-29H,8-11,16,18-20H2,1-7H3,(H,38,45)(H,39,44)(H2,40,41,46)/t25-,27+,28-,29-/m1/s1. The van der Waals surface area contributed by atoms with Gasteiger partial charge in [-0.05, 0) is 81.0 Å². The monoisotopic (exact) mass is 664 g/mol. The van der Waals surface area contributed by atoms with Crippen LogP contribution >= 0.6 is 0 Å². The second-order valence-electron chi connectivity index (χ2n) is 15.8. The Hall–Kier alpha value is -3.93. The Balaban J connectivity index is 1.38. The third-order valence-electron chi connectivity index (χ3n) is 9.17. The van der Waals surface area contributed by atoms with E-state index in [1.165, 1.54) is 0 Å². The van der Waals surface area contributed by atoms with Crippen molar-refractivity contribution in [2.24, 2.45) is 11.3 Å². The number of hydrogen-bond donors (Lipinski definition) is 4. The smallest absolute Gasteiger partial charge is 0.315 e. The Morgan fingerprint density at radius 1 is 1.00 bits per heavy atom. The van der Waals surface area contributed by atoms with Gasteiger partial charge in [-0.25, -0.2) is 9.78 Å². The molecular weight excluding hydrogens is 612 g/mol. The normalized spacial score (nSPS) is 21.2. The van der Waals surface area contributed by atoms with Gasteiger partial charge in [0.05, 0.1) is 19.2 Å². The molecule has 2 heterocycles. The van der Waals surface area contributed by atoms with Crippen molar-refractivity contribution < 1.29 is 28.7 Å². The van der Waals surface area contributed by atoms with E-state index < -0.39 is 35.4 Å². The summed E-state index contributed by atoms with van der Waals surface area (Å²) in [6.07, 6.45) is 5.76. The molecule has 1 saturated heterocycles. The minimum absolute atomic E-state index is 0.0445. The maximum Gasteiger partial charge on any atom is 0.315 e. The van der Waals surface area contributed by atoms with Gasteiger partial charge in [-0.3, -0.25) is 19.3 Å². The fourth-order valence-electron chi connectivity index (χ4n) is 6.06. The van der Waals surface area contributed by atoms with Gasteiger partial charge in [-0.2, -0.15) is 0 Å². The highest BCUT2D eigenvalue weighted by atomic mass is 16.5. The van der Waals surface area contributed by atoms with Crippen LogP contribution in [0.2, 0.25) is 0 Å². The Bertz CT molecular complexity index is 1510. The summed E-state index contributed by atoms with van der Waals surface area (Å²) in [6.45, 7) is 12.7. The molecule has 4 amide bonds. The Kier molecular flexibility index (Phi) is 10.5. The van der Waals surface area contributed by atoms with Gasteiger partial charge in [0.15, 0.2) is 0 Å². The molecule has 0 unspecified atom stereocenters. The molecule has 5 rings (SSSR count). The molecule has 4 atom stereocenters. The number of nitrogens with one attached hydrogen (secondary N) is 4. The summed E-state index contributed by atoms with van der Waals surface area (Å²) in [6, 6.07) is 5.43. The molecule has 3 aliphatic rings. The maximum absolute atomic E-state index is 14.1. The number of carbonyl (C=O) groups excluding carboxylic acids is 4. The third-order valence-corrected chi connectivity index (χ3v) is 9.17. The highest BCUT2D eigenvalue weighted by Gasteiger charge is 2.43. The number of ketones is 1. The molecule has 4 N–H and O–H groups in total. The van der Waals surface area contributed by atoms with Gasteiger partial charge in [0, 0.05) is 48.7 Å². The summed E-state index contributed by atoms with van der Waals surface area (Å²) in [5.41, 5.74) is -0.775. The Morgan fingerprint density at radius 3 is 2.35 bits per heavy atom. The third kappa shape index (κ3) is 9.58. The predicted molar refractivity (Wildman–Crippen MR) is 183 cm³/mol. The summed E-state index contributed by atoms with van der Waals surface area (Å²) >= 11 is 0. The molecule has 48 heavy (non-hydrogen) atoms. The van der Waals surface area contributed by atoms with E-state index in [1.807, 2.05) is 70.7 Å². The van der Waals surface area contributed by atoms with Gasteiger partial charge in [0.25, 0.3) is 5.91 Å². The first-order valence-corrected chi connectivity index (χ1v) is 17.2. The molecule has 2 aliphatic carbocycles. The van der Waals surface area contributed by atoms with E-state index in [2.05, 4.69) is 26.3 Å². The quantitative estimate of drug-likeness (QED) is 0.237. The molecule has 1 aliphatic heterocycles. The lowest BCUT2D eigenvalue weighted by molar-refractivity contribution is -0.140. The van der Waals surface area contributed by atoms with Crippen LogP contribution in [-0.2, 0) is 14.4 Å². The van der Waals surface area contributed by atoms with Crippen LogP contribution < -0.4 is 30.7 Å². The van der Waals surface area contributed by atoms with Crippen molar-refractivity contribution in [3.8, 4) is 11.6 Å². The first-order valence-electron chi connectivity index (χ1n) is 17.2. The van der Waals surface area contributed by atoms with E-state index in [0.29, 0.717) is 37.7 Å². The molecule has 0 bridgehead atoms. The number of benzene rings is 1. The second-order valence-corrected chi connectivity index (χ2v) is 15.8. The van der Waals surface area contributed by atoms with Crippen LogP contribution in [0, 0.1) is 11.3 Å². The van der Waals surface area contributed by atoms with E-state index in [1.54, 1.807) is 13.3 Å². The van der Waals surface area contributed by atoms with Gasteiger partial charge < -0.3 is 30.7 Å². The topological polar surface area (TPSA) is 151 Å². The van der Waals surface area contributed by atoms with Crippen LogP contribution in [-0.4, -0.2) is 89.5 Å². The number of likely N-dealkylation sites (tertiary alicyclic amines) is 1. The number of ether oxygens (including phenoxy) is 2. The summed E-state index contributed by atoms with van der Waals surface area (Å²) in [4.78, 5) is 59.7. The number of fused-ring (bicyclic) bond motifs is 1. The van der Waals surface area contributed by atoms with Crippen LogP contribution in [0.15, 0.2) is 30.5 Å². The molecule has 12 nitrogen and oxygen atoms in total. The number of carbonyl (C=O) groups is 4. The highest BCUT2D eigenvalue weighted by Crippen LogP contribution is 2.35. The number of hydrogen-bond acceptors (Lipinski definition) is 8. The van der Waals surface area contributed by atoms with Crippen LogP contribution in [0.5, 0.6) is 11.6 Å². The van der Waals surface area contributed by atoms with Gasteiger partial charge >= 0.3 is 6.03 Å². The first-order chi connectivity index (χ1) is 22.6. The predicted octanol–water partition coefficient (Wildman–Crippen LogP) is 3.71. The molecule has 2 aromatic rings. The van der Waals surface area contributed by atoms with Crippen molar-refractivity contribution in [1.29, 1.82) is 0 Å². The molecule has 2 saturated carbocycles. The molecule has 0 radical (unpaired) electrons. The number of nitrogens with zero attached hydrogens (tertiary/aromatic N) is 2. The molecule has 12 heteroatoms. The van der Waals surface area contributed by atoms with E-state index in [9.17, 15) is 19.2 Å². The highest BCUT2D eigenvalue weighted by molar-refractivity contribution is 6.38. The van der Waals surface area contributed by atoms with Crippen molar-refractivity contribution in [1.82, 2.24) is 31.2 Å². The lowest BCUT2D eigenvalue weighted by Gasteiger charge is -2.37. The van der Waals surface area contributed by atoms with E-state index in [-0.39, 0.29) is 29.4 Å². The minimum Gasteiger partial charge on any atom is -0.497 e. The maximum atomic E-state index is 14.1. The van der Waals surface area contributed by atoms with E-state index in [0.717, 1.165) is 42.2 Å². The number of methoxy groups -OCH3 is 1. The second kappa shape index (κ2) is 14.3. The van der Waals surface area contributed by atoms with Gasteiger partial charge in [0.2, 0.25) is 17.6 Å². The zero-order valence-corrected chi connectivity index (χ0v) is 29.4. The summed E-state index contributed by atoms with van der Waals surface area (Å²) in [7, 11) is 1.62. The van der Waals surface area contributed by atoms with Gasteiger partial charge in [0.1, 0.15) is 11.9 Å². The minimum atomic E-state index is -0.894. The van der Waals surface area contributed by atoms with Crippen LogP contribution in [0.4, 0.5) is 4.79 Å². The van der Waals surface area contributed by atoms with Crippen LogP contribution in [0.1, 0.15) is 80.1 Å². The van der Waals surface area contributed by atoms with Gasteiger partial charge in [-0.1, -0.05) is 33.6 Å². The number of pyridine rings is 1. The summed E-state index contributed by atoms with van der Waals surface area (Å²) < 4.78 is 11.9. The first kappa shape index (κ1) is 35.4. The van der Waals surface area contributed by atoms with Gasteiger partial charge in [-0.15, -0.1) is 0 Å². The van der Waals surface area contributed by atoms with Crippen LogP contribution in [0.25, 0.3) is 10.8 Å². The number of amides is 4. The van der Waals surface area contributed by atoms with Crippen molar-refractivity contribution in [2.75, 3.05) is 20.2 Å². The molecule has 1 aromatic heterocycles. The molecule has 0 spiro atoms. The van der Waals surface area contributed by atoms with Crippen molar-refractivity contribution in [3.05, 3.63) is 30.5 Å². The number of aromatic nitrogens is 1. The van der Waals surface area contributed by atoms with Crippen molar-refractivity contribution in [3.63, 3.8) is 0 Å². The average Bonchev–Trinajstić information content (AvgIpc) is 3.94. The largest absolute Gasteiger partial charge is 0.497 e. The lowest BCUT2D eigenvalue weighted by atomic mass is 9.86. The SMILES string of the molecule is COc1ccc2c(O[C@@H]3C[C@H](C(=O)N[C@@H](CC4CC4)C(=O)C(=O)NC4CC4)N(C[C@@H](NC(=O)NC(C)(C)C)C(C)(C)C)C3)nccc2c1. The van der Waals surface area contributed by atoms with Crippen LogP contribution in [0.3, 0.4) is 0 Å². The fraction of sp³-hybridized carbons (Fsp3) is 0.639. The number of urea groups is 1. The van der Waals surface area contributed by atoms with Crippen molar-refractivity contribution in [2.45, 2.75) is 116 Å². The fourth-order valence-corrected chi connectivity index (χ4v) is 6.06. The van der Waals surface area contributed by atoms with Crippen molar-refractivity contribution >= 4 is 34.4 Å². The summed E-state index contributed by atoms with van der Waals surface area (Å²) in [5, 5.41) is 13.6. The number of rotatable bonds is 13. The molecule has 1 aromatic carbocycles. The number of Topliss-reactive ketones (excluding diaryl/α,β-unsaturated/α-hetero) is 1.